The maximum Gasteiger partial charge on any atom is 0.263 e. The lowest BCUT2D eigenvalue weighted by Crippen LogP contribution is -2.24. The number of nitrogens with one attached hydrogen (secondary N) is 2. The highest BCUT2D eigenvalue weighted by Crippen LogP contribution is 2.20. The molecule has 3 rings (SSSR count). The van der Waals surface area contributed by atoms with Gasteiger partial charge >= 0.3 is 0 Å². The van der Waals surface area contributed by atoms with E-state index in [2.05, 4.69) is 20.4 Å². The Bertz CT molecular complexity index is 940. The first kappa shape index (κ1) is 17.4. The number of hydrogen-bond acceptors (Lipinski definition) is 5. The molecule has 0 saturated heterocycles. The SMILES string of the molecule is CC(C)(C)n1ncc2c(=O)[nH]c(NC[C@H](O)c3ccc(Cl)cc3)nc21. The number of aliphatic hydroxyl groups is 1. The van der Waals surface area contributed by atoms with Crippen LogP contribution in [0.3, 0.4) is 0 Å². The summed E-state index contributed by atoms with van der Waals surface area (Å²) in [5.41, 5.74) is 0.645. The van der Waals surface area contributed by atoms with Gasteiger partial charge in [-0.25, -0.2) is 4.68 Å². The molecule has 0 aliphatic carbocycles. The molecule has 2 heterocycles. The topological polar surface area (TPSA) is 95.8 Å². The Kier molecular flexibility index (Phi) is 4.53. The number of rotatable bonds is 4. The van der Waals surface area contributed by atoms with Crippen molar-refractivity contribution >= 4 is 28.6 Å². The second-order valence-electron chi connectivity index (χ2n) is 6.83. The lowest BCUT2D eigenvalue weighted by Gasteiger charge is -2.20. The van der Waals surface area contributed by atoms with Crippen LogP contribution in [0.4, 0.5) is 5.95 Å². The second-order valence-corrected chi connectivity index (χ2v) is 7.26. The van der Waals surface area contributed by atoms with E-state index in [4.69, 9.17) is 11.6 Å². The molecule has 0 saturated carbocycles. The average Bonchev–Trinajstić information content (AvgIpc) is 2.98. The number of fused-ring (bicyclic) bond motifs is 1. The fraction of sp³-hybridized carbons (Fsp3) is 0.353. The van der Waals surface area contributed by atoms with Crippen LogP contribution in [0.25, 0.3) is 11.0 Å². The van der Waals surface area contributed by atoms with Crippen LogP contribution in [-0.4, -0.2) is 31.4 Å². The zero-order chi connectivity index (χ0) is 18.2. The highest BCUT2D eigenvalue weighted by molar-refractivity contribution is 6.30. The van der Waals surface area contributed by atoms with Gasteiger partial charge in [-0.2, -0.15) is 10.1 Å². The van der Waals surface area contributed by atoms with Crippen LogP contribution < -0.4 is 10.9 Å². The van der Waals surface area contributed by atoms with Gasteiger partial charge in [0.25, 0.3) is 5.56 Å². The molecule has 0 spiro atoms. The maximum atomic E-state index is 12.2. The molecule has 2 aromatic heterocycles. The molecule has 0 unspecified atom stereocenters. The van der Waals surface area contributed by atoms with E-state index in [-0.39, 0.29) is 23.6 Å². The molecule has 25 heavy (non-hydrogen) atoms. The molecule has 8 heteroatoms. The third-order valence-electron chi connectivity index (χ3n) is 3.79. The smallest absolute Gasteiger partial charge is 0.263 e. The monoisotopic (exact) mass is 361 g/mol. The highest BCUT2D eigenvalue weighted by Gasteiger charge is 2.20. The van der Waals surface area contributed by atoms with Crippen LogP contribution in [0.15, 0.2) is 35.3 Å². The van der Waals surface area contributed by atoms with Gasteiger partial charge in [-0.1, -0.05) is 23.7 Å². The van der Waals surface area contributed by atoms with E-state index in [1.807, 2.05) is 20.8 Å². The summed E-state index contributed by atoms with van der Waals surface area (Å²) in [7, 11) is 0. The number of hydrogen-bond donors (Lipinski definition) is 3. The van der Waals surface area contributed by atoms with E-state index in [0.29, 0.717) is 16.1 Å². The lowest BCUT2D eigenvalue weighted by molar-refractivity contribution is 0.191. The second kappa shape index (κ2) is 6.50. The quantitative estimate of drug-likeness (QED) is 0.664. The molecule has 1 atom stereocenters. The molecule has 132 valence electrons. The Labute approximate surface area is 149 Å². The van der Waals surface area contributed by atoms with Crippen molar-refractivity contribution in [3.8, 4) is 0 Å². The van der Waals surface area contributed by atoms with Crippen molar-refractivity contribution in [2.75, 3.05) is 11.9 Å². The van der Waals surface area contributed by atoms with Gasteiger partial charge in [0, 0.05) is 11.6 Å². The normalized spacial score (nSPS) is 13.2. The lowest BCUT2D eigenvalue weighted by atomic mass is 10.1. The Morgan fingerprint density at radius 1 is 1.32 bits per heavy atom. The van der Waals surface area contributed by atoms with Crippen molar-refractivity contribution in [1.82, 2.24) is 19.7 Å². The third-order valence-corrected chi connectivity index (χ3v) is 4.04. The fourth-order valence-electron chi connectivity index (χ4n) is 2.49. The largest absolute Gasteiger partial charge is 0.387 e. The molecule has 0 aliphatic rings. The van der Waals surface area contributed by atoms with E-state index >= 15 is 0 Å². The molecule has 0 bridgehead atoms. The number of halogens is 1. The Hall–Kier alpha value is -2.38. The van der Waals surface area contributed by atoms with Crippen LogP contribution in [0, 0.1) is 0 Å². The first-order valence-electron chi connectivity index (χ1n) is 7.91. The number of aromatic amines is 1. The summed E-state index contributed by atoms with van der Waals surface area (Å²) in [6.45, 7) is 6.15. The van der Waals surface area contributed by atoms with Gasteiger partial charge in [-0.15, -0.1) is 0 Å². The summed E-state index contributed by atoms with van der Waals surface area (Å²) >= 11 is 5.85. The van der Waals surface area contributed by atoms with Gasteiger partial charge in [0.2, 0.25) is 5.95 Å². The summed E-state index contributed by atoms with van der Waals surface area (Å²) in [4.78, 5) is 19.3. The van der Waals surface area contributed by atoms with Crippen LogP contribution in [0.5, 0.6) is 0 Å². The number of H-pyrrole nitrogens is 1. The molecule has 0 aliphatic heterocycles. The van der Waals surface area contributed by atoms with E-state index in [0.717, 1.165) is 5.56 Å². The third kappa shape index (κ3) is 3.67. The zero-order valence-corrected chi connectivity index (χ0v) is 15.0. The van der Waals surface area contributed by atoms with Gasteiger partial charge in [0.05, 0.1) is 17.8 Å². The van der Waals surface area contributed by atoms with E-state index in [9.17, 15) is 9.90 Å². The van der Waals surface area contributed by atoms with Crippen molar-refractivity contribution < 1.29 is 5.11 Å². The van der Waals surface area contributed by atoms with Gasteiger partial charge in [-0.3, -0.25) is 9.78 Å². The van der Waals surface area contributed by atoms with Crippen LogP contribution in [-0.2, 0) is 5.54 Å². The van der Waals surface area contributed by atoms with E-state index in [1.165, 1.54) is 6.20 Å². The number of anilines is 1. The van der Waals surface area contributed by atoms with Gasteiger partial charge in [-0.05, 0) is 38.5 Å². The Balaban J connectivity index is 1.84. The van der Waals surface area contributed by atoms with Crippen molar-refractivity contribution in [1.29, 1.82) is 0 Å². The molecular formula is C17H20ClN5O2. The van der Waals surface area contributed by atoms with E-state index < -0.39 is 6.10 Å². The molecule has 7 nitrogen and oxygen atoms in total. The van der Waals surface area contributed by atoms with Crippen molar-refractivity contribution in [3.05, 3.63) is 51.4 Å². The van der Waals surface area contributed by atoms with Crippen LogP contribution in [0.2, 0.25) is 5.02 Å². The first-order chi connectivity index (χ1) is 11.8. The standard InChI is InChI=1S/C17H20ClN5O2/c1-17(2,3)23-14-12(8-20-23)15(25)22-16(21-14)19-9-13(24)10-4-6-11(18)7-5-10/h4-8,13,24H,9H2,1-3H3,(H2,19,21,22,25)/t13-/m0/s1. The van der Waals surface area contributed by atoms with E-state index in [1.54, 1.807) is 28.9 Å². The molecule has 0 amide bonds. The highest BCUT2D eigenvalue weighted by atomic mass is 35.5. The summed E-state index contributed by atoms with van der Waals surface area (Å²) in [6, 6.07) is 6.94. The predicted molar refractivity (Wildman–Crippen MR) is 98.0 cm³/mol. The molecule has 0 radical (unpaired) electrons. The molecule has 3 aromatic rings. The number of aromatic nitrogens is 4. The average molecular weight is 362 g/mol. The van der Waals surface area contributed by atoms with Crippen molar-refractivity contribution in [3.63, 3.8) is 0 Å². The Morgan fingerprint density at radius 2 is 2.00 bits per heavy atom. The van der Waals surface area contributed by atoms with Gasteiger partial charge in [0.15, 0.2) is 5.65 Å². The minimum Gasteiger partial charge on any atom is -0.387 e. The van der Waals surface area contributed by atoms with Crippen molar-refractivity contribution in [2.24, 2.45) is 0 Å². The maximum absolute atomic E-state index is 12.2. The minimum atomic E-state index is -0.759. The summed E-state index contributed by atoms with van der Waals surface area (Å²) in [5.74, 6) is 0.288. The fourth-order valence-corrected chi connectivity index (χ4v) is 2.62. The Morgan fingerprint density at radius 3 is 2.64 bits per heavy atom. The van der Waals surface area contributed by atoms with Gasteiger partial charge < -0.3 is 10.4 Å². The van der Waals surface area contributed by atoms with Gasteiger partial charge in [0.1, 0.15) is 5.39 Å². The molecule has 0 fully saturated rings. The zero-order valence-electron chi connectivity index (χ0n) is 14.2. The minimum absolute atomic E-state index is 0.194. The number of benzene rings is 1. The van der Waals surface area contributed by atoms with Crippen LogP contribution >= 0.6 is 11.6 Å². The number of nitrogens with zero attached hydrogens (tertiary/aromatic N) is 3. The van der Waals surface area contributed by atoms with Crippen molar-refractivity contribution in [2.45, 2.75) is 32.4 Å². The molecule has 1 aromatic carbocycles. The molecular weight excluding hydrogens is 342 g/mol. The first-order valence-corrected chi connectivity index (χ1v) is 8.29. The molecule has 3 N–H and O–H groups in total. The number of aliphatic hydroxyl groups excluding tert-OH is 1. The summed E-state index contributed by atoms with van der Waals surface area (Å²) in [6.07, 6.45) is 0.754. The summed E-state index contributed by atoms with van der Waals surface area (Å²) in [5, 5.41) is 18.5. The van der Waals surface area contributed by atoms with Crippen LogP contribution in [0.1, 0.15) is 32.4 Å². The predicted octanol–water partition coefficient (Wildman–Crippen LogP) is 2.67. The summed E-state index contributed by atoms with van der Waals surface area (Å²) < 4.78 is 1.71.